The molecule has 2 heterocycles. The minimum absolute atomic E-state index is 0.112. The second kappa shape index (κ2) is 5.21. The topological polar surface area (TPSA) is 41.6 Å². The van der Waals surface area contributed by atoms with Gasteiger partial charge in [-0.3, -0.25) is 4.79 Å². The van der Waals surface area contributed by atoms with Crippen molar-refractivity contribution >= 4 is 11.6 Å². The quantitative estimate of drug-likeness (QED) is 0.836. The Morgan fingerprint density at radius 1 is 1.47 bits per heavy atom. The molecular weight excluding hydrogens is 240 g/mol. The largest absolute Gasteiger partial charge is 0.490 e. The summed E-state index contributed by atoms with van der Waals surface area (Å²) in [6.45, 7) is 5.11. The number of hydrogen-bond acceptors (Lipinski definition) is 3. The SMILES string of the molecule is Cc1ccc2c(c1)OCCN2C(=O)C1CCCNC1. The predicted octanol–water partition coefficient (Wildman–Crippen LogP) is 1.72. The van der Waals surface area contributed by atoms with Gasteiger partial charge >= 0.3 is 0 Å². The average Bonchev–Trinajstić information content (AvgIpc) is 2.46. The summed E-state index contributed by atoms with van der Waals surface area (Å²) in [6, 6.07) is 6.04. The van der Waals surface area contributed by atoms with Crippen LogP contribution in [-0.4, -0.2) is 32.1 Å². The van der Waals surface area contributed by atoms with Gasteiger partial charge in [0.1, 0.15) is 12.4 Å². The monoisotopic (exact) mass is 260 g/mol. The molecule has 0 bridgehead atoms. The van der Waals surface area contributed by atoms with E-state index in [1.165, 1.54) is 0 Å². The molecule has 1 unspecified atom stereocenters. The van der Waals surface area contributed by atoms with Gasteiger partial charge in [-0.2, -0.15) is 0 Å². The van der Waals surface area contributed by atoms with Gasteiger partial charge in [-0.1, -0.05) is 6.07 Å². The van der Waals surface area contributed by atoms with Gasteiger partial charge in [-0.05, 0) is 44.0 Å². The highest BCUT2D eigenvalue weighted by Gasteiger charge is 2.30. The first kappa shape index (κ1) is 12.5. The number of carbonyl (C=O) groups excluding carboxylic acids is 1. The summed E-state index contributed by atoms with van der Waals surface area (Å²) < 4.78 is 5.66. The van der Waals surface area contributed by atoms with Crippen molar-refractivity contribution in [2.24, 2.45) is 5.92 Å². The predicted molar refractivity (Wildman–Crippen MR) is 74.6 cm³/mol. The van der Waals surface area contributed by atoms with E-state index in [0.717, 1.165) is 42.9 Å². The molecule has 2 aliphatic heterocycles. The normalized spacial score (nSPS) is 22.6. The van der Waals surface area contributed by atoms with Crippen molar-refractivity contribution in [2.45, 2.75) is 19.8 Å². The number of benzene rings is 1. The number of aryl methyl sites for hydroxylation is 1. The van der Waals surface area contributed by atoms with E-state index in [9.17, 15) is 4.79 Å². The van der Waals surface area contributed by atoms with E-state index in [1.807, 2.05) is 30.0 Å². The highest BCUT2D eigenvalue weighted by molar-refractivity contribution is 5.97. The summed E-state index contributed by atoms with van der Waals surface area (Å²) in [5.74, 6) is 1.19. The number of carbonyl (C=O) groups is 1. The van der Waals surface area contributed by atoms with Crippen molar-refractivity contribution in [1.29, 1.82) is 0 Å². The Bertz CT molecular complexity index is 481. The smallest absolute Gasteiger partial charge is 0.231 e. The maximum Gasteiger partial charge on any atom is 0.231 e. The molecule has 0 aromatic heterocycles. The number of amides is 1. The van der Waals surface area contributed by atoms with Gasteiger partial charge in [0, 0.05) is 6.54 Å². The summed E-state index contributed by atoms with van der Waals surface area (Å²) in [7, 11) is 0. The maximum absolute atomic E-state index is 12.6. The van der Waals surface area contributed by atoms with Crippen LogP contribution in [0.2, 0.25) is 0 Å². The Hall–Kier alpha value is -1.55. The minimum atomic E-state index is 0.112. The first-order valence-corrected chi connectivity index (χ1v) is 7.01. The lowest BCUT2D eigenvalue weighted by Gasteiger charge is -2.33. The number of fused-ring (bicyclic) bond motifs is 1. The lowest BCUT2D eigenvalue weighted by molar-refractivity contribution is -0.123. The number of anilines is 1. The second-order valence-corrected chi connectivity index (χ2v) is 5.35. The molecule has 19 heavy (non-hydrogen) atoms. The van der Waals surface area contributed by atoms with Crippen molar-refractivity contribution in [3.63, 3.8) is 0 Å². The van der Waals surface area contributed by atoms with Crippen LogP contribution in [0.1, 0.15) is 18.4 Å². The molecule has 0 spiro atoms. The minimum Gasteiger partial charge on any atom is -0.490 e. The van der Waals surface area contributed by atoms with E-state index in [0.29, 0.717) is 13.2 Å². The van der Waals surface area contributed by atoms with Gasteiger partial charge in [-0.15, -0.1) is 0 Å². The lowest BCUT2D eigenvalue weighted by Crippen LogP contribution is -2.46. The molecule has 0 aliphatic carbocycles. The summed E-state index contributed by atoms with van der Waals surface area (Å²) in [4.78, 5) is 14.5. The standard InChI is InChI=1S/C15H20N2O2/c1-11-4-5-13-14(9-11)19-8-7-17(13)15(18)12-3-2-6-16-10-12/h4-5,9,12,16H,2-3,6-8,10H2,1H3. The zero-order valence-corrected chi connectivity index (χ0v) is 11.3. The third-order valence-corrected chi connectivity index (χ3v) is 3.89. The molecule has 1 aromatic rings. The lowest BCUT2D eigenvalue weighted by atomic mass is 9.97. The van der Waals surface area contributed by atoms with Crippen LogP contribution in [0.15, 0.2) is 18.2 Å². The van der Waals surface area contributed by atoms with Crippen molar-refractivity contribution in [3.05, 3.63) is 23.8 Å². The molecule has 0 radical (unpaired) electrons. The highest BCUT2D eigenvalue weighted by Crippen LogP contribution is 2.33. The number of rotatable bonds is 1. The third-order valence-electron chi connectivity index (χ3n) is 3.89. The number of nitrogens with one attached hydrogen (secondary N) is 1. The van der Waals surface area contributed by atoms with Crippen LogP contribution in [-0.2, 0) is 4.79 Å². The van der Waals surface area contributed by atoms with Gasteiger partial charge in [-0.25, -0.2) is 0 Å². The van der Waals surface area contributed by atoms with E-state index in [2.05, 4.69) is 5.32 Å². The van der Waals surface area contributed by atoms with Crippen LogP contribution in [0.4, 0.5) is 5.69 Å². The molecule has 0 saturated carbocycles. The first-order chi connectivity index (χ1) is 9.25. The third kappa shape index (κ3) is 2.45. The van der Waals surface area contributed by atoms with Gasteiger partial charge in [0.25, 0.3) is 0 Å². The van der Waals surface area contributed by atoms with Crippen LogP contribution >= 0.6 is 0 Å². The van der Waals surface area contributed by atoms with E-state index in [-0.39, 0.29) is 11.8 Å². The van der Waals surface area contributed by atoms with Crippen LogP contribution in [0, 0.1) is 12.8 Å². The fourth-order valence-electron chi connectivity index (χ4n) is 2.84. The van der Waals surface area contributed by atoms with Crippen molar-refractivity contribution in [3.8, 4) is 5.75 Å². The van der Waals surface area contributed by atoms with Gasteiger partial charge in [0.2, 0.25) is 5.91 Å². The molecule has 1 aromatic carbocycles. The molecule has 1 saturated heterocycles. The first-order valence-electron chi connectivity index (χ1n) is 7.01. The Kier molecular flexibility index (Phi) is 3.42. The number of hydrogen-bond donors (Lipinski definition) is 1. The number of ether oxygens (including phenoxy) is 1. The molecule has 102 valence electrons. The van der Waals surface area contributed by atoms with Crippen LogP contribution in [0.3, 0.4) is 0 Å². The highest BCUT2D eigenvalue weighted by atomic mass is 16.5. The average molecular weight is 260 g/mol. The number of piperidine rings is 1. The van der Waals surface area contributed by atoms with Crippen molar-refractivity contribution in [2.75, 3.05) is 31.1 Å². The Morgan fingerprint density at radius 3 is 3.16 bits per heavy atom. The van der Waals surface area contributed by atoms with E-state index >= 15 is 0 Å². The van der Waals surface area contributed by atoms with Crippen molar-refractivity contribution < 1.29 is 9.53 Å². The molecular formula is C15H20N2O2. The summed E-state index contributed by atoms with van der Waals surface area (Å²) in [6.07, 6.45) is 2.08. The molecule has 3 rings (SSSR count). The number of nitrogens with zero attached hydrogens (tertiary/aromatic N) is 1. The van der Waals surface area contributed by atoms with E-state index < -0.39 is 0 Å². The fourth-order valence-corrected chi connectivity index (χ4v) is 2.84. The zero-order chi connectivity index (χ0) is 13.2. The molecule has 4 heteroatoms. The van der Waals surface area contributed by atoms with Gasteiger partial charge < -0.3 is 15.0 Å². The Balaban J connectivity index is 1.84. The van der Waals surface area contributed by atoms with Crippen LogP contribution < -0.4 is 15.0 Å². The van der Waals surface area contributed by atoms with E-state index in [4.69, 9.17) is 4.74 Å². The fraction of sp³-hybridized carbons (Fsp3) is 0.533. The molecule has 1 amide bonds. The second-order valence-electron chi connectivity index (χ2n) is 5.35. The Labute approximate surface area is 113 Å². The van der Waals surface area contributed by atoms with Crippen molar-refractivity contribution in [1.82, 2.24) is 5.32 Å². The van der Waals surface area contributed by atoms with Gasteiger partial charge in [0.15, 0.2) is 0 Å². The summed E-state index contributed by atoms with van der Waals surface area (Å²) >= 11 is 0. The van der Waals surface area contributed by atoms with Crippen LogP contribution in [0.25, 0.3) is 0 Å². The molecule has 4 nitrogen and oxygen atoms in total. The summed E-state index contributed by atoms with van der Waals surface area (Å²) in [5, 5.41) is 3.31. The molecule has 1 N–H and O–H groups in total. The maximum atomic E-state index is 12.6. The molecule has 1 atom stereocenters. The molecule has 1 fully saturated rings. The zero-order valence-electron chi connectivity index (χ0n) is 11.3. The van der Waals surface area contributed by atoms with E-state index in [1.54, 1.807) is 0 Å². The van der Waals surface area contributed by atoms with Gasteiger partial charge in [0.05, 0.1) is 18.2 Å². The van der Waals surface area contributed by atoms with Crippen LogP contribution in [0.5, 0.6) is 5.75 Å². The Morgan fingerprint density at radius 2 is 2.37 bits per heavy atom. The molecule has 2 aliphatic rings. The summed E-state index contributed by atoms with van der Waals surface area (Å²) in [5.41, 5.74) is 2.08.